The zero-order valence-corrected chi connectivity index (χ0v) is 16.3. The van der Waals surface area contributed by atoms with E-state index >= 15 is 0 Å². The molecule has 0 saturated heterocycles. The lowest BCUT2D eigenvalue weighted by molar-refractivity contribution is 0.296. The minimum atomic E-state index is -4.67. The van der Waals surface area contributed by atoms with E-state index in [1.807, 2.05) is 12.1 Å². The third-order valence-electron chi connectivity index (χ3n) is 4.11. The largest absolute Gasteiger partial charge is 0.471 e. The van der Waals surface area contributed by atoms with E-state index in [0.717, 1.165) is 16.5 Å². The number of rotatable bonds is 5. The molecule has 150 valence electrons. The van der Waals surface area contributed by atoms with Crippen LogP contribution in [0.15, 0.2) is 49.2 Å². The number of halogens is 1. The SMILES string of the molecule is C=CCn1c(C)c(C)c2ccnc(OCc3ccc(F)cc3)c21.O=S(=O)(O)O. The topological polar surface area (TPSA) is 102 Å². The van der Waals surface area contributed by atoms with E-state index in [4.69, 9.17) is 22.3 Å². The number of aromatic nitrogens is 2. The molecule has 28 heavy (non-hydrogen) atoms. The zero-order chi connectivity index (χ0) is 20.9. The van der Waals surface area contributed by atoms with E-state index in [2.05, 4.69) is 30.0 Å². The highest BCUT2D eigenvalue weighted by Gasteiger charge is 2.15. The fourth-order valence-corrected chi connectivity index (χ4v) is 2.76. The molecule has 0 spiro atoms. The first-order chi connectivity index (χ1) is 13.1. The molecule has 0 fully saturated rings. The van der Waals surface area contributed by atoms with Crippen molar-refractivity contribution in [2.75, 3.05) is 0 Å². The van der Waals surface area contributed by atoms with Gasteiger partial charge in [-0.1, -0.05) is 18.2 Å². The van der Waals surface area contributed by atoms with Crippen molar-refractivity contribution in [2.45, 2.75) is 27.0 Å². The van der Waals surface area contributed by atoms with Gasteiger partial charge in [0.25, 0.3) is 0 Å². The van der Waals surface area contributed by atoms with Gasteiger partial charge in [0.1, 0.15) is 17.9 Å². The number of nitrogens with zero attached hydrogens (tertiary/aromatic N) is 2. The number of hydrogen-bond donors (Lipinski definition) is 2. The summed E-state index contributed by atoms with van der Waals surface area (Å²) in [7, 11) is -4.67. The van der Waals surface area contributed by atoms with E-state index < -0.39 is 10.4 Å². The Labute approximate surface area is 162 Å². The minimum Gasteiger partial charge on any atom is -0.471 e. The standard InChI is InChI=1S/C19H19FN2O.H2O4S/c1-4-11-22-14(3)13(2)17-9-10-21-19(18(17)22)23-12-15-5-7-16(20)8-6-15;1-5(2,3)4/h4-10H,1,11-12H2,2-3H3;(H2,1,2,3,4). The van der Waals surface area contributed by atoms with Crippen molar-refractivity contribution in [3.8, 4) is 5.88 Å². The van der Waals surface area contributed by atoms with Crippen LogP contribution in [0.5, 0.6) is 5.88 Å². The molecule has 1 aromatic carbocycles. The number of allylic oxidation sites excluding steroid dienone is 1. The van der Waals surface area contributed by atoms with Gasteiger partial charge < -0.3 is 9.30 Å². The summed E-state index contributed by atoms with van der Waals surface area (Å²) in [6.45, 7) is 9.07. The van der Waals surface area contributed by atoms with Gasteiger partial charge >= 0.3 is 10.4 Å². The second-order valence-electron chi connectivity index (χ2n) is 5.98. The Morgan fingerprint density at radius 3 is 2.39 bits per heavy atom. The highest BCUT2D eigenvalue weighted by atomic mass is 32.3. The number of fused-ring (bicyclic) bond motifs is 1. The second kappa shape index (κ2) is 8.96. The van der Waals surface area contributed by atoms with E-state index in [1.165, 1.54) is 23.4 Å². The first-order valence-corrected chi connectivity index (χ1v) is 9.64. The third-order valence-corrected chi connectivity index (χ3v) is 4.11. The summed E-state index contributed by atoms with van der Waals surface area (Å²) >= 11 is 0. The van der Waals surface area contributed by atoms with Crippen LogP contribution in [-0.4, -0.2) is 27.1 Å². The molecular formula is C19H21FN2O5S. The molecule has 3 rings (SSSR count). The smallest absolute Gasteiger partial charge is 0.394 e. The number of benzene rings is 1. The molecule has 0 aliphatic heterocycles. The minimum absolute atomic E-state index is 0.250. The van der Waals surface area contributed by atoms with Crippen molar-refractivity contribution in [2.24, 2.45) is 0 Å². The van der Waals surface area contributed by atoms with E-state index in [0.29, 0.717) is 19.0 Å². The molecule has 0 unspecified atom stereocenters. The first kappa shape index (κ1) is 21.5. The van der Waals surface area contributed by atoms with Crippen LogP contribution in [0.4, 0.5) is 4.39 Å². The van der Waals surface area contributed by atoms with Crippen LogP contribution in [0, 0.1) is 19.7 Å². The molecule has 0 radical (unpaired) electrons. The molecule has 2 heterocycles. The van der Waals surface area contributed by atoms with Crippen LogP contribution in [0.1, 0.15) is 16.8 Å². The summed E-state index contributed by atoms with van der Waals surface area (Å²) in [4.78, 5) is 4.39. The fraction of sp³-hybridized carbons (Fsp3) is 0.211. The number of aryl methyl sites for hydroxylation is 1. The monoisotopic (exact) mass is 408 g/mol. The van der Waals surface area contributed by atoms with E-state index in [1.54, 1.807) is 18.3 Å². The Kier molecular flexibility index (Phi) is 6.90. The maximum Gasteiger partial charge on any atom is 0.394 e. The molecule has 0 amide bonds. The van der Waals surface area contributed by atoms with Crippen LogP contribution in [-0.2, 0) is 23.6 Å². The molecule has 0 aliphatic carbocycles. The summed E-state index contributed by atoms with van der Waals surface area (Å²) in [5.74, 6) is 0.338. The predicted molar refractivity (Wildman–Crippen MR) is 104 cm³/mol. The predicted octanol–water partition coefficient (Wildman–Crippen LogP) is 3.90. The molecule has 3 aromatic rings. The highest BCUT2D eigenvalue weighted by Crippen LogP contribution is 2.31. The average Bonchev–Trinajstić information content (AvgIpc) is 2.86. The Balaban J connectivity index is 0.000000500. The van der Waals surface area contributed by atoms with Crippen LogP contribution in [0.25, 0.3) is 10.9 Å². The lowest BCUT2D eigenvalue weighted by Gasteiger charge is -2.10. The lowest BCUT2D eigenvalue weighted by atomic mass is 10.2. The molecule has 2 aromatic heterocycles. The summed E-state index contributed by atoms with van der Waals surface area (Å²) < 4.78 is 52.6. The van der Waals surface area contributed by atoms with Gasteiger partial charge in [0.2, 0.25) is 5.88 Å². The Bertz CT molecular complexity index is 1070. The second-order valence-corrected chi connectivity index (χ2v) is 6.88. The first-order valence-electron chi connectivity index (χ1n) is 8.24. The van der Waals surface area contributed by atoms with Gasteiger partial charge in [0, 0.05) is 23.8 Å². The third kappa shape index (κ3) is 5.62. The number of pyridine rings is 1. The summed E-state index contributed by atoms with van der Waals surface area (Å²) in [6, 6.07) is 8.30. The van der Waals surface area contributed by atoms with Gasteiger partial charge in [0.05, 0.1) is 0 Å². The molecule has 0 bridgehead atoms. The van der Waals surface area contributed by atoms with Crippen molar-refractivity contribution < 1.29 is 26.7 Å². The van der Waals surface area contributed by atoms with Crippen molar-refractivity contribution in [3.63, 3.8) is 0 Å². The maximum absolute atomic E-state index is 13.0. The van der Waals surface area contributed by atoms with Gasteiger partial charge in [-0.3, -0.25) is 9.11 Å². The van der Waals surface area contributed by atoms with Crippen molar-refractivity contribution in [3.05, 3.63) is 71.8 Å². The summed E-state index contributed by atoms with van der Waals surface area (Å²) in [5.41, 5.74) is 4.28. The van der Waals surface area contributed by atoms with Gasteiger partial charge in [-0.2, -0.15) is 8.42 Å². The Morgan fingerprint density at radius 2 is 1.82 bits per heavy atom. The van der Waals surface area contributed by atoms with Crippen LogP contribution in [0.3, 0.4) is 0 Å². The maximum atomic E-state index is 13.0. The molecule has 2 N–H and O–H groups in total. The van der Waals surface area contributed by atoms with Crippen molar-refractivity contribution >= 4 is 21.3 Å². The number of hydrogen-bond acceptors (Lipinski definition) is 4. The molecule has 0 atom stereocenters. The van der Waals surface area contributed by atoms with Gasteiger partial charge in [-0.05, 0) is 43.2 Å². The van der Waals surface area contributed by atoms with Crippen LogP contribution < -0.4 is 4.74 Å². The highest BCUT2D eigenvalue weighted by molar-refractivity contribution is 7.79. The Morgan fingerprint density at radius 1 is 1.21 bits per heavy atom. The molecule has 0 aliphatic rings. The molecule has 7 nitrogen and oxygen atoms in total. The normalized spacial score (nSPS) is 11.0. The van der Waals surface area contributed by atoms with Gasteiger partial charge in [0.15, 0.2) is 0 Å². The van der Waals surface area contributed by atoms with Gasteiger partial charge in [-0.25, -0.2) is 9.37 Å². The van der Waals surface area contributed by atoms with E-state index in [-0.39, 0.29) is 5.82 Å². The summed E-state index contributed by atoms with van der Waals surface area (Å²) in [5, 5.41) is 1.13. The van der Waals surface area contributed by atoms with Crippen LogP contribution >= 0.6 is 0 Å². The van der Waals surface area contributed by atoms with Crippen molar-refractivity contribution in [1.29, 1.82) is 0 Å². The molecule has 0 saturated carbocycles. The molecular weight excluding hydrogens is 387 g/mol. The quantitative estimate of drug-likeness (QED) is 0.490. The fourth-order valence-electron chi connectivity index (χ4n) is 2.76. The molecule has 9 heteroatoms. The zero-order valence-electron chi connectivity index (χ0n) is 15.5. The average molecular weight is 408 g/mol. The Hall–Kier alpha value is -2.75. The summed E-state index contributed by atoms with van der Waals surface area (Å²) in [6.07, 6.45) is 3.62. The van der Waals surface area contributed by atoms with E-state index in [9.17, 15) is 4.39 Å². The van der Waals surface area contributed by atoms with Crippen molar-refractivity contribution in [1.82, 2.24) is 9.55 Å². The van der Waals surface area contributed by atoms with Crippen LogP contribution in [0.2, 0.25) is 0 Å². The van der Waals surface area contributed by atoms with Gasteiger partial charge in [-0.15, -0.1) is 6.58 Å². The lowest BCUT2D eigenvalue weighted by Crippen LogP contribution is -2.02. The number of ether oxygens (including phenoxy) is 1.